The Labute approximate surface area is 213 Å². The summed E-state index contributed by atoms with van der Waals surface area (Å²) in [6.07, 6.45) is 2.09. The van der Waals surface area contributed by atoms with Gasteiger partial charge in [0.2, 0.25) is 0 Å². The van der Waals surface area contributed by atoms with Crippen LogP contribution in [-0.2, 0) is 14.8 Å². The highest BCUT2D eigenvalue weighted by Gasteiger charge is 2.29. The van der Waals surface area contributed by atoms with Crippen LogP contribution in [0.25, 0.3) is 33.2 Å². The number of methoxy groups -OCH3 is 2. The van der Waals surface area contributed by atoms with Crippen LogP contribution in [0.1, 0.15) is 21.0 Å². The summed E-state index contributed by atoms with van der Waals surface area (Å²) in [7, 11) is -1.17. The third kappa shape index (κ3) is 3.99. The molecular formula is C28H22N2O6S. The van der Waals surface area contributed by atoms with Crippen molar-refractivity contribution in [3.05, 3.63) is 96.4 Å². The zero-order valence-electron chi connectivity index (χ0n) is 20.0. The first kappa shape index (κ1) is 24.1. The Hall–Kier alpha value is -4.63. The van der Waals surface area contributed by atoms with Crippen LogP contribution in [0.3, 0.4) is 0 Å². The topological polar surface area (TPSA) is 107 Å². The number of nitrogens with zero attached hydrogens (tertiary/aromatic N) is 1. The molecule has 0 unspecified atom stereocenters. The third-order valence-electron chi connectivity index (χ3n) is 6.16. The number of H-pyrrole nitrogens is 1. The van der Waals surface area contributed by atoms with Crippen LogP contribution in [0.5, 0.6) is 5.75 Å². The van der Waals surface area contributed by atoms with Crippen molar-refractivity contribution < 1.29 is 27.5 Å². The predicted octanol–water partition coefficient (Wildman–Crippen LogP) is 5.15. The van der Waals surface area contributed by atoms with E-state index >= 15 is 0 Å². The molecule has 0 amide bonds. The maximum Gasteiger partial charge on any atom is 0.355 e. The van der Waals surface area contributed by atoms with Crippen molar-refractivity contribution in [3.63, 3.8) is 0 Å². The molecule has 2 aromatic heterocycles. The van der Waals surface area contributed by atoms with Gasteiger partial charge in [-0.15, -0.1) is 0 Å². The second kappa shape index (κ2) is 9.44. The van der Waals surface area contributed by atoms with E-state index in [0.29, 0.717) is 45.2 Å². The minimum atomic E-state index is -3.96. The molecule has 37 heavy (non-hydrogen) atoms. The summed E-state index contributed by atoms with van der Waals surface area (Å²) >= 11 is 0. The number of nitrogens with one attached hydrogen (secondary N) is 1. The van der Waals surface area contributed by atoms with E-state index in [1.807, 2.05) is 0 Å². The summed E-state index contributed by atoms with van der Waals surface area (Å²) in [4.78, 5) is 28.0. The molecule has 0 bridgehead atoms. The number of hydrogen-bond acceptors (Lipinski definition) is 6. The number of para-hydroxylation sites is 1. The van der Waals surface area contributed by atoms with Crippen molar-refractivity contribution in [3.8, 4) is 28.0 Å². The van der Waals surface area contributed by atoms with Crippen molar-refractivity contribution in [1.29, 1.82) is 0 Å². The number of fused-ring (bicyclic) bond motifs is 1. The average Bonchev–Trinajstić information content (AvgIpc) is 3.52. The molecule has 2 heterocycles. The molecule has 186 valence electrons. The Balaban J connectivity index is 1.85. The monoisotopic (exact) mass is 514 g/mol. The van der Waals surface area contributed by atoms with Gasteiger partial charge in [0.1, 0.15) is 11.4 Å². The molecule has 0 atom stereocenters. The van der Waals surface area contributed by atoms with Gasteiger partial charge in [-0.25, -0.2) is 17.2 Å². The van der Waals surface area contributed by atoms with Crippen LogP contribution in [0.2, 0.25) is 0 Å². The Kier molecular flexibility index (Phi) is 6.14. The summed E-state index contributed by atoms with van der Waals surface area (Å²) in [5.74, 6) is -0.0533. The molecular weight excluding hydrogens is 492 g/mol. The fraction of sp³-hybridized carbons (Fsp3) is 0.0714. The molecule has 0 aliphatic carbocycles. The smallest absolute Gasteiger partial charge is 0.355 e. The van der Waals surface area contributed by atoms with Gasteiger partial charge in [-0.05, 0) is 35.9 Å². The maximum absolute atomic E-state index is 13.6. The van der Waals surface area contributed by atoms with Crippen molar-refractivity contribution in [2.75, 3.05) is 14.2 Å². The standard InChI is InChI=1S/C28H22N2O6S/c1-35-19-14-12-18(13-15-19)25-26(23(17-31)29-27(25)28(32)36-2)22-16-30(24-11-7-6-10-21(22)24)37(33,34)20-8-4-3-5-9-20/h3-17,29H,1-2H3. The molecule has 8 nitrogen and oxygen atoms in total. The van der Waals surface area contributed by atoms with Crippen LogP contribution in [0, 0.1) is 0 Å². The third-order valence-corrected chi connectivity index (χ3v) is 7.85. The first-order chi connectivity index (χ1) is 17.9. The first-order valence-corrected chi connectivity index (χ1v) is 12.7. The van der Waals surface area contributed by atoms with Gasteiger partial charge in [-0.1, -0.05) is 48.5 Å². The van der Waals surface area contributed by atoms with E-state index in [1.54, 1.807) is 73.8 Å². The first-order valence-electron chi connectivity index (χ1n) is 11.3. The highest BCUT2D eigenvalue weighted by atomic mass is 32.2. The maximum atomic E-state index is 13.6. The van der Waals surface area contributed by atoms with Crippen molar-refractivity contribution in [2.45, 2.75) is 4.90 Å². The zero-order valence-corrected chi connectivity index (χ0v) is 20.8. The highest BCUT2D eigenvalue weighted by Crippen LogP contribution is 2.42. The van der Waals surface area contributed by atoms with E-state index in [4.69, 9.17) is 9.47 Å². The number of aldehydes is 1. The van der Waals surface area contributed by atoms with Crippen LogP contribution < -0.4 is 4.74 Å². The van der Waals surface area contributed by atoms with Crippen LogP contribution >= 0.6 is 0 Å². The molecule has 1 N–H and O–H groups in total. The molecule has 3 aromatic carbocycles. The molecule has 9 heteroatoms. The molecule has 0 spiro atoms. The van der Waals surface area contributed by atoms with Gasteiger partial charge in [0.15, 0.2) is 6.29 Å². The van der Waals surface area contributed by atoms with Crippen molar-refractivity contribution in [1.82, 2.24) is 8.96 Å². The average molecular weight is 515 g/mol. The van der Waals surface area contributed by atoms with Crippen molar-refractivity contribution >= 4 is 33.2 Å². The fourth-order valence-electron chi connectivity index (χ4n) is 4.44. The molecule has 0 radical (unpaired) electrons. The Morgan fingerprint density at radius 1 is 0.892 bits per heavy atom. The number of esters is 1. The van der Waals surface area contributed by atoms with E-state index in [-0.39, 0.29) is 16.3 Å². The molecule has 0 aliphatic heterocycles. The van der Waals surface area contributed by atoms with Crippen molar-refractivity contribution in [2.24, 2.45) is 0 Å². The van der Waals surface area contributed by atoms with E-state index < -0.39 is 16.0 Å². The summed E-state index contributed by atoms with van der Waals surface area (Å²) in [6.45, 7) is 0. The van der Waals surface area contributed by atoms with Gasteiger partial charge >= 0.3 is 5.97 Å². The number of carbonyl (C=O) groups is 2. The summed E-state index contributed by atoms with van der Waals surface area (Å²) in [6, 6.07) is 22.1. The largest absolute Gasteiger partial charge is 0.497 e. The lowest BCUT2D eigenvalue weighted by Crippen LogP contribution is -2.11. The Morgan fingerprint density at radius 3 is 2.22 bits per heavy atom. The SMILES string of the molecule is COC(=O)c1[nH]c(C=O)c(-c2cn(S(=O)(=O)c3ccccc3)c3ccccc23)c1-c1ccc(OC)cc1. The lowest BCUT2D eigenvalue weighted by molar-refractivity contribution is 0.0595. The number of hydrogen-bond donors (Lipinski definition) is 1. The van der Waals surface area contributed by atoms with Gasteiger partial charge in [-0.2, -0.15) is 0 Å². The van der Waals surface area contributed by atoms with Gasteiger partial charge in [0.05, 0.1) is 30.3 Å². The number of carbonyl (C=O) groups excluding carboxylic acids is 2. The molecule has 5 rings (SSSR count). The summed E-state index contributed by atoms with van der Waals surface area (Å²) in [5, 5.41) is 0.593. The number of benzene rings is 3. The fourth-order valence-corrected chi connectivity index (χ4v) is 5.83. The number of aromatic amines is 1. The summed E-state index contributed by atoms with van der Waals surface area (Å²) < 4.78 is 38.7. The van der Waals surface area contributed by atoms with E-state index in [1.165, 1.54) is 29.4 Å². The molecule has 5 aromatic rings. The van der Waals surface area contributed by atoms with E-state index in [9.17, 15) is 18.0 Å². The minimum Gasteiger partial charge on any atom is -0.497 e. The zero-order chi connectivity index (χ0) is 26.2. The number of aromatic nitrogens is 2. The molecule has 0 saturated heterocycles. The second-order valence-corrected chi connectivity index (χ2v) is 9.99. The molecule has 0 aliphatic rings. The van der Waals surface area contributed by atoms with Gasteiger partial charge in [0.25, 0.3) is 10.0 Å². The Bertz CT molecular complexity index is 1730. The molecule has 0 saturated carbocycles. The minimum absolute atomic E-state index is 0.0764. The molecule has 0 fully saturated rings. The van der Waals surface area contributed by atoms with E-state index in [0.717, 1.165) is 0 Å². The van der Waals surface area contributed by atoms with Crippen LogP contribution in [0.15, 0.2) is 90.0 Å². The summed E-state index contributed by atoms with van der Waals surface area (Å²) in [5.41, 5.74) is 2.51. The second-order valence-electron chi connectivity index (χ2n) is 8.18. The van der Waals surface area contributed by atoms with Crippen LogP contribution in [0.4, 0.5) is 0 Å². The van der Waals surface area contributed by atoms with Gasteiger partial charge < -0.3 is 14.5 Å². The highest BCUT2D eigenvalue weighted by molar-refractivity contribution is 7.90. The number of ether oxygens (including phenoxy) is 2. The normalized spacial score (nSPS) is 11.4. The van der Waals surface area contributed by atoms with Crippen LogP contribution in [-0.4, -0.2) is 43.8 Å². The van der Waals surface area contributed by atoms with Gasteiger partial charge in [-0.3, -0.25) is 4.79 Å². The quantitative estimate of drug-likeness (QED) is 0.238. The lowest BCUT2D eigenvalue weighted by Gasteiger charge is -2.09. The van der Waals surface area contributed by atoms with E-state index in [2.05, 4.69) is 4.98 Å². The number of rotatable bonds is 7. The lowest BCUT2D eigenvalue weighted by atomic mass is 9.94. The predicted molar refractivity (Wildman–Crippen MR) is 139 cm³/mol. The van der Waals surface area contributed by atoms with Gasteiger partial charge in [0, 0.05) is 28.3 Å². The Morgan fingerprint density at radius 2 is 1.57 bits per heavy atom.